The third kappa shape index (κ3) is 3.81. The molecule has 2 atom stereocenters. The number of aliphatic hydroxyl groups is 1. The maximum atomic E-state index is 9.26. The Labute approximate surface area is 90.8 Å². The highest BCUT2D eigenvalue weighted by Crippen LogP contribution is 2.21. The Balaban J connectivity index is 2.43. The molecule has 80 valence electrons. The number of hydrogen-bond donors (Lipinski definition) is 1. The molecule has 1 rings (SSSR count). The Morgan fingerprint density at radius 2 is 1.93 bits per heavy atom. The summed E-state index contributed by atoms with van der Waals surface area (Å²) in [5, 5.41) is 9.26. The van der Waals surface area contributed by atoms with E-state index in [1.807, 2.05) is 18.3 Å². The summed E-state index contributed by atoms with van der Waals surface area (Å²) >= 11 is 1.91. The van der Waals surface area contributed by atoms with E-state index in [4.69, 9.17) is 0 Å². The molecule has 0 aliphatic rings. The van der Waals surface area contributed by atoms with Crippen LogP contribution in [-0.2, 0) is 12.8 Å². The van der Waals surface area contributed by atoms with Crippen molar-refractivity contribution >= 4 is 11.3 Å². The first-order valence-electron chi connectivity index (χ1n) is 5.37. The van der Waals surface area contributed by atoms with E-state index in [0.717, 1.165) is 19.3 Å². The molecule has 2 heteroatoms. The van der Waals surface area contributed by atoms with Crippen LogP contribution < -0.4 is 0 Å². The predicted molar refractivity (Wildman–Crippen MR) is 62.9 cm³/mol. The van der Waals surface area contributed by atoms with Crippen LogP contribution in [-0.4, -0.2) is 11.2 Å². The van der Waals surface area contributed by atoms with Gasteiger partial charge in [-0.1, -0.05) is 13.8 Å². The molecular formula is C12H20OS. The van der Waals surface area contributed by atoms with Crippen molar-refractivity contribution in [3.05, 3.63) is 21.9 Å². The Hall–Kier alpha value is -0.340. The van der Waals surface area contributed by atoms with Crippen molar-refractivity contribution in [2.24, 2.45) is 5.92 Å². The maximum Gasteiger partial charge on any atom is 0.0514 e. The zero-order chi connectivity index (χ0) is 10.6. The lowest BCUT2D eigenvalue weighted by atomic mass is 10.0. The molecule has 0 aliphatic carbocycles. The topological polar surface area (TPSA) is 20.2 Å². The highest BCUT2D eigenvalue weighted by atomic mass is 32.1. The summed E-state index contributed by atoms with van der Waals surface area (Å²) in [6, 6.07) is 4.44. The van der Waals surface area contributed by atoms with Crippen molar-refractivity contribution in [3.63, 3.8) is 0 Å². The first-order valence-corrected chi connectivity index (χ1v) is 6.19. The van der Waals surface area contributed by atoms with Crippen LogP contribution in [0.2, 0.25) is 0 Å². The fourth-order valence-electron chi connectivity index (χ4n) is 1.73. The first-order chi connectivity index (χ1) is 6.61. The predicted octanol–water partition coefficient (Wildman–Crippen LogP) is 3.26. The summed E-state index contributed by atoms with van der Waals surface area (Å²) in [6.45, 7) is 6.26. The molecule has 1 aromatic heterocycles. The van der Waals surface area contributed by atoms with E-state index in [2.05, 4.69) is 26.0 Å². The Bertz CT molecular complexity index is 265. The van der Waals surface area contributed by atoms with Crippen molar-refractivity contribution < 1.29 is 5.11 Å². The monoisotopic (exact) mass is 212 g/mol. The van der Waals surface area contributed by atoms with Gasteiger partial charge in [-0.15, -0.1) is 11.3 Å². The van der Waals surface area contributed by atoms with Crippen LogP contribution in [0.15, 0.2) is 12.1 Å². The Morgan fingerprint density at radius 3 is 2.43 bits per heavy atom. The second-order valence-electron chi connectivity index (χ2n) is 4.12. The minimum absolute atomic E-state index is 0.171. The largest absolute Gasteiger partial charge is 0.393 e. The van der Waals surface area contributed by atoms with E-state index in [1.54, 1.807) is 0 Å². The highest BCUT2D eigenvalue weighted by Gasteiger charge is 2.08. The van der Waals surface area contributed by atoms with Gasteiger partial charge in [0.1, 0.15) is 0 Å². The van der Waals surface area contributed by atoms with Crippen molar-refractivity contribution in [3.8, 4) is 0 Å². The number of thiophene rings is 1. The number of aliphatic hydroxyl groups excluding tert-OH is 1. The van der Waals surface area contributed by atoms with Gasteiger partial charge in [0.15, 0.2) is 0 Å². The number of hydrogen-bond acceptors (Lipinski definition) is 2. The van der Waals surface area contributed by atoms with Crippen LogP contribution in [0, 0.1) is 5.92 Å². The summed E-state index contributed by atoms with van der Waals surface area (Å²) in [6.07, 6.45) is 2.97. The fraction of sp³-hybridized carbons (Fsp3) is 0.667. The fourth-order valence-corrected chi connectivity index (χ4v) is 2.85. The van der Waals surface area contributed by atoms with Gasteiger partial charge in [0.25, 0.3) is 0 Å². The molecule has 0 aliphatic heterocycles. The summed E-state index contributed by atoms with van der Waals surface area (Å²) in [4.78, 5) is 2.92. The lowest BCUT2D eigenvalue weighted by Crippen LogP contribution is -2.08. The van der Waals surface area contributed by atoms with Gasteiger partial charge in [0.2, 0.25) is 0 Å². The smallest absolute Gasteiger partial charge is 0.0514 e. The van der Waals surface area contributed by atoms with Crippen LogP contribution in [0.1, 0.15) is 36.9 Å². The van der Waals surface area contributed by atoms with Crippen molar-refractivity contribution in [2.75, 3.05) is 0 Å². The van der Waals surface area contributed by atoms with Crippen LogP contribution in [0.25, 0.3) is 0 Å². The van der Waals surface area contributed by atoms with E-state index in [9.17, 15) is 5.11 Å². The quantitative estimate of drug-likeness (QED) is 0.794. The maximum absolute atomic E-state index is 9.26. The van der Waals surface area contributed by atoms with Crippen LogP contribution >= 0.6 is 11.3 Å². The first kappa shape index (κ1) is 11.7. The number of aryl methyl sites for hydroxylation is 1. The minimum atomic E-state index is -0.171. The highest BCUT2D eigenvalue weighted by molar-refractivity contribution is 7.11. The molecule has 0 spiro atoms. The molecule has 0 fully saturated rings. The minimum Gasteiger partial charge on any atom is -0.393 e. The molecule has 0 aromatic carbocycles. The average molecular weight is 212 g/mol. The SMILES string of the molecule is CCc1ccc(CC(C)CC(C)O)s1. The Kier molecular flexibility index (Phi) is 4.63. The van der Waals surface area contributed by atoms with E-state index in [1.165, 1.54) is 9.75 Å². The van der Waals surface area contributed by atoms with Crippen molar-refractivity contribution in [1.82, 2.24) is 0 Å². The summed E-state index contributed by atoms with van der Waals surface area (Å²) in [7, 11) is 0. The van der Waals surface area contributed by atoms with Crippen LogP contribution in [0.3, 0.4) is 0 Å². The van der Waals surface area contributed by atoms with Crippen LogP contribution in [0.4, 0.5) is 0 Å². The molecule has 1 aromatic rings. The summed E-state index contributed by atoms with van der Waals surface area (Å²) in [5.41, 5.74) is 0. The summed E-state index contributed by atoms with van der Waals surface area (Å²) < 4.78 is 0. The molecule has 1 nitrogen and oxygen atoms in total. The van der Waals surface area contributed by atoms with Gasteiger partial charge in [-0.25, -0.2) is 0 Å². The van der Waals surface area contributed by atoms with Crippen molar-refractivity contribution in [1.29, 1.82) is 0 Å². The van der Waals surface area contributed by atoms with E-state index in [0.29, 0.717) is 5.92 Å². The lowest BCUT2D eigenvalue weighted by molar-refractivity contribution is 0.164. The second-order valence-corrected chi connectivity index (χ2v) is 5.37. The van der Waals surface area contributed by atoms with Crippen LogP contribution in [0.5, 0.6) is 0 Å². The summed E-state index contributed by atoms with van der Waals surface area (Å²) in [5.74, 6) is 0.582. The standard InChI is InChI=1S/C12H20OS/c1-4-11-5-6-12(14-11)8-9(2)7-10(3)13/h5-6,9-10,13H,4,7-8H2,1-3H3. The lowest BCUT2D eigenvalue weighted by Gasteiger charge is -2.11. The second kappa shape index (κ2) is 5.52. The molecule has 2 unspecified atom stereocenters. The Morgan fingerprint density at radius 1 is 1.29 bits per heavy atom. The van der Waals surface area contributed by atoms with Gasteiger partial charge in [0, 0.05) is 9.75 Å². The molecule has 0 radical (unpaired) electrons. The van der Waals surface area contributed by atoms with Gasteiger partial charge in [-0.05, 0) is 44.2 Å². The molecule has 0 bridgehead atoms. The van der Waals surface area contributed by atoms with Gasteiger partial charge in [0.05, 0.1) is 6.10 Å². The number of rotatable bonds is 5. The molecule has 0 saturated carbocycles. The van der Waals surface area contributed by atoms with E-state index >= 15 is 0 Å². The zero-order valence-corrected chi connectivity index (χ0v) is 10.1. The normalized spacial score (nSPS) is 15.4. The van der Waals surface area contributed by atoms with Gasteiger partial charge < -0.3 is 5.11 Å². The van der Waals surface area contributed by atoms with Crippen molar-refractivity contribution in [2.45, 2.75) is 46.1 Å². The molecule has 0 amide bonds. The van der Waals surface area contributed by atoms with Gasteiger partial charge in [-0.3, -0.25) is 0 Å². The molecule has 0 saturated heterocycles. The van der Waals surface area contributed by atoms with Gasteiger partial charge >= 0.3 is 0 Å². The van der Waals surface area contributed by atoms with E-state index < -0.39 is 0 Å². The molecule has 14 heavy (non-hydrogen) atoms. The average Bonchev–Trinajstić information content (AvgIpc) is 2.50. The third-order valence-corrected chi connectivity index (χ3v) is 3.61. The van der Waals surface area contributed by atoms with Gasteiger partial charge in [-0.2, -0.15) is 0 Å². The third-order valence-electron chi connectivity index (χ3n) is 2.36. The zero-order valence-electron chi connectivity index (χ0n) is 9.29. The molecule has 1 N–H and O–H groups in total. The molecular weight excluding hydrogens is 192 g/mol. The van der Waals surface area contributed by atoms with E-state index in [-0.39, 0.29) is 6.10 Å². The molecule has 1 heterocycles.